The maximum atomic E-state index is 12.4. The van der Waals surface area contributed by atoms with E-state index in [2.05, 4.69) is 9.97 Å². The van der Waals surface area contributed by atoms with Crippen molar-refractivity contribution in [2.24, 2.45) is 0 Å². The third kappa shape index (κ3) is 3.29. The van der Waals surface area contributed by atoms with Crippen molar-refractivity contribution < 1.29 is 14.6 Å². The van der Waals surface area contributed by atoms with Crippen molar-refractivity contribution in [2.45, 2.75) is 0 Å². The lowest BCUT2D eigenvalue weighted by atomic mass is 10.00. The van der Waals surface area contributed by atoms with Crippen LogP contribution in [0, 0.1) is 0 Å². The van der Waals surface area contributed by atoms with Crippen LogP contribution in [0.15, 0.2) is 60.9 Å². The summed E-state index contributed by atoms with van der Waals surface area (Å²) in [5.41, 5.74) is 4.62. The Kier molecular flexibility index (Phi) is 4.68. The highest BCUT2D eigenvalue weighted by Crippen LogP contribution is 2.36. The molecule has 0 unspecified atom stereocenters. The number of ether oxygens (including phenoxy) is 1. The second-order valence-corrected chi connectivity index (χ2v) is 6.95. The number of aromatic nitrogens is 2. The lowest BCUT2D eigenvalue weighted by molar-refractivity contribution is 0.0824. The molecule has 2 heterocycles. The Morgan fingerprint density at radius 2 is 1.86 bits per heavy atom. The number of amides is 1. The molecule has 0 aliphatic heterocycles. The molecule has 4 aromatic rings. The van der Waals surface area contributed by atoms with Crippen LogP contribution in [0.2, 0.25) is 0 Å². The zero-order chi connectivity index (χ0) is 20.5. The highest BCUT2D eigenvalue weighted by Gasteiger charge is 2.16. The summed E-state index contributed by atoms with van der Waals surface area (Å²) in [4.78, 5) is 21.5. The van der Waals surface area contributed by atoms with E-state index in [4.69, 9.17) is 4.74 Å². The van der Waals surface area contributed by atoms with Crippen LogP contribution in [0.5, 0.6) is 11.5 Å². The number of rotatable bonds is 4. The van der Waals surface area contributed by atoms with Gasteiger partial charge in [0.15, 0.2) is 0 Å². The Hall–Kier alpha value is -3.80. The van der Waals surface area contributed by atoms with E-state index >= 15 is 0 Å². The number of methoxy groups -OCH3 is 1. The van der Waals surface area contributed by atoms with E-state index in [1.807, 2.05) is 36.5 Å². The van der Waals surface area contributed by atoms with E-state index in [0.29, 0.717) is 0 Å². The lowest BCUT2D eigenvalue weighted by Gasteiger charge is -2.13. The third-order valence-electron chi connectivity index (χ3n) is 4.89. The van der Waals surface area contributed by atoms with E-state index in [0.717, 1.165) is 39.0 Å². The molecule has 6 heteroatoms. The van der Waals surface area contributed by atoms with Crippen molar-refractivity contribution >= 4 is 16.9 Å². The number of nitrogens with one attached hydrogen (secondary N) is 1. The molecule has 0 atom stereocenters. The van der Waals surface area contributed by atoms with Gasteiger partial charge in [-0.1, -0.05) is 24.3 Å². The molecule has 0 radical (unpaired) electrons. The molecule has 0 fully saturated rings. The van der Waals surface area contributed by atoms with Gasteiger partial charge < -0.3 is 19.7 Å². The van der Waals surface area contributed by atoms with Gasteiger partial charge in [0.2, 0.25) is 0 Å². The molecule has 4 rings (SSSR count). The number of phenols is 1. The summed E-state index contributed by atoms with van der Waals surface area (Å²) in [6.45, 7) is 0. The van der Waals surface area contributed by atoms with Crippen molar-refractivity contribution in [2.75, 3.05) is 21.2 Å². The molecular formula is C23H21N3O3. The Morgan fingerprint density at radius 1 is 1.07 bits per heavy atom. The van der Waals surface area contributed by atoms with Gasteiger partial charge in [-0.2, -0.15) is 0 Å². The standard InChI is InChI=1S/C23H21N3O3/c1-26(2)23(28)18-10-14(8-9-20(18)27)15-11-17-19(13-25-22(17)24-12-15)16-6-4-5-7-21(16)29-3/h4-13,27H,1-3H3,(H,24,25). The molecule has 2 N–H and O–H groups in total. The number of carbonyl (C=O) groups is 1. The van der Waals surface area contributed by atoms with Crippen molar-refractivity contribution in [3.8, 4) is 33.8 Å². The van der Waals surface area contributed by atoms with E-state index in [9.17, 15) is 9.90 Å². The van der Waals surface area contributed by atoms with Gasteiger partial charge >= 0.3 is 0 Å². The van der Waals surface area contributed by atoms with E-state index < -0.39 is 0 Å². The number of hydrogen-bond acceptors (Lipinski definition) is 4. The number of benzene rings is 2. The molecule has 6 nitrogen and oxygen atoms in total. The smallest absolute Gasteiger partial charge is 0.257 e. The maximum absolute atomic E-state index is 12.4. The fraction of sp³-hybridized carbons (Fsp3) is 0.130. The van der Waals surface area contributed by atoms with Crippen LogP contribution in [0.1, 0.15) is 10.4 Å². The quantitative estimate of drug-likeness (QED) is 0.547. The first kappa shape index (κ1) is 18.6. The predicted octanol–water partition coefficient (Wildman–Crippen LogP) is 4.31. The van der Waals surface area contributed by atoms with Gasteiger partial charge in [-0.05, 0) is 29.8 Å². The highest BCUT2D eigenvalue weighted by atomic mass is 16.5. The average Bonchev–Trinajstić information content (AvgIpc) is 3.16. The number of nitrogens with zero attached hydrogens (tertiary/aromatic N) is 2. The summed E-state index contributed by atoms with van der Waals surface area (Å²) in [6, 6.07) is 14.8. The van der Waals surface area contributed by atoms with Gasteiger partial charge in [-0.3, -0.25) is 4.79 Å². The molecule has 0 saturated carbocycles. The summed E-state index contributed by atoms with van der Waals surface area (Å²) >= 11 is 0. The second kappa shape index (κ2) is 7.31. The highest BCUT2D eigenvalue weighted by molar-refractivity contribution is 5.99. The van der Waals surface area contributed by atoms with Gasteiger partial charge in [0, 0.05) is 48.6 Å². The molecule has 0 aliphatic carbocycles. The number of aromatic amines is 1. The molecule has 0 bridgehead atoms. The Morgan fingerprint density at radius 3 is 2.62 bits per heavy atom. The minimum absolute atomic E-state index is 0.0437. The normalized spacial score (nSPS) is 10.9. The van der Waals surface area contributed by atoms with Gasteiger partial charge in [-0.15, -0.1) is 0 Å². The number of para-hydroxylation sites is 1. The number of hydrogen-bond donors (Lipinski definition) is 2. The van der Waals surface area contributed by atoms with Gasteiger partial charge in [0.25, 0.3) is 5.91 Å². The first-order valence-electron chi connectivity index (χ1n) is 9.15. The van der Waals surface area contributed by atoms with Crippen molar-refractivity contribution in [1.82, 2.24) is 14.9 Å². The average molecular weight is 387 g/mol. The Bertz CT molecular complexity index is 1210. The van der Waals surface area contributed by atoms with Crippen molar-refractivity contribution in [3.63, 3.8) is 0 Å². The van der Waals surface area contributed by atoms with E-state index in [-0.39, 0.29) is 17.2 Å². The number of phenolic OH excluding ortho intramolecular Hbond substituents is 1. The monoisotopic (exact) mass is 387 g/mol. The molecule has 146 valence electrons. The summed E-state index contributed by atoms with van der Waals surface area (Å²) in [5.74, 6) is 0.481. The molecule has 0 spiro atoms. The minimum atomic E-state index is -0.255. The van der Waals surface area contributed by atoms with Crippen molar-refractivity contribution in [1.29, 1.82) is 0 Å². The summed E-state index contributed by atoms with van der Waals surface area (Å²) in [6.07, 6.45) is 3.66. The minimum Gasteiger partial charge on any atom is -0.507 e. The topological polar surface area (TPSA) is 78.5 Å². The summed E-state index contributed by atoms with van der Waals surface area (Å²) in [5, 5.41) is 11.1. The zero-order valence-corrected chi connectivity index (χ0v) is 16.4. The largest absolute Gasteiger partial charge is 0.507 e. The number of H-pyrrole nitrogens is 1. The van der Waals surface area contributed by atoms with Crippen LogP contribution < -0.4 is 4.74 Å². The lowest BCUT2D eigenvalue weighted by Crippen LogP contribution is -2.21. The first-order chi connectivity index (χ1) is 14.0. The first-order valence-corrected chi connectivity index (χ1v) is 9.15. The second-order valence-electron chi connectivity index (χ2n) is 6.95. The SMILES string of the molecule is COc1ccccc1-c1c[nH]c2ncc(-c3ccc(O)c(C(=O)N(C)C)c3)cc12. The van der Waals surface area contributed by atoms with Crippen molar-refractivity contribution in [3.05, 3.63) is 66.5 Å². The molecule has 2 aromatic heterocycles. The van der Waals surface area contributed by atoms with Crippen LogP contribution in [-0.4, -0.2) is 47.1 Å². The van der Waals surface area contributed by atoms with E-state index in [1.54, 1.807) is 39.5 Å². The van der Waals surface area contributed by atoms with Crippen LogP contribution in [0.25, 0.3) is 33.3 Å². The maximum Gasteiger partial charge on any atom is 0.257 e. The molecule has 1 amide bonds. The van der Waals surface area contributed by atoms with Gasteiger partial charge in [-0.25, -0.2) is 4.98 Å². The molecule has 2 aromatic carbocycles. The third-order valence-corrected chi connectivity index (χ3v) is 4.89. The number of fused-ring (bicyclic) bond motifs is 1. The molecular weight excluding hydrogens is 366 g/mol. The van der Waals surface area contributed by atoms with Crippen LogP contribution in [0.3, 0.4) is 0 Å². The number of aromatic hydroxyl groups is 1. The summed E-state index contributed by atoms with van der Waals surface area (Å²) < 4.78 is 5.51. The van der Waals surface area contributed by atoms with Crippen LogP contribution in [-0.2, 0) is 0 Å². The predicted molar refractivity (Wildman–Crippen MR) is 113 cm³/mol. The zero-order valence-electron chi connectivity index (χ0n) is 16.4. The summed E-state index contributed by atoms with van der Waals surface area (Å²) in [7, 11) is 4.96. The van der Waals surface area contributed by atoms with Crippen LogP contribution in [0.4, 0.5) is 0 Å². The van der Waals surface area contributed by atoms with Gasteiger partial charge in [0.05, 0.1) is 12.7 Å². The Balaban J connectivity index is 1.85. The Labute approximate surface area is 168 Å². The van der Waals surface area contributed by atoms with Gasteiger partial charge in [0.1, 0.15) is 17.1 Å². The number of pyridine rings is 1. The van der Waals surface area contributed by atoms with E-state index in [1.165, 1.54) is 11.0 Å². The molecule has 0 saturated heterocycles. The molecule has 0 aliphatic rings. The molecule has 29 heavy (non-hydrogen) atoms. The van der Waals surface area contributed by atoms with Crippen LogP contribution >= 0.6 is 0 Å². The number of carbonyl (C=O) groups excluding carboxylic acids is 1. The fourth-order valence-corrected chi connectivity index (χ4v) is 3.38. The fourth-order valence-electron chi connectivity index (χ4n) is 3.38.